The highest BCUT2D eigenvalue weighted by Gasteiger charge is 2.22. The molecular weight excluding hydrogens is 310 g/mol. The lowest BCUT2D eigenvalue weighted by atomic mass is 10.1. The largest absolute Gasteiger partial charge is 0.338 e. The number of hydrogen-bond donors (Lipinski definition) is 2. The van der Waals surface area contributed by atoms with Gasteiger partial charge in [0.05, 0.1) is 0 Å². The number of carbonyl (C=O) groups is 1. The van der Waals surface area contributed by atoms with Crippen molar-refractivity contribution in [1.82, 2.24) is 15.5 Å². The van der Waals surface area contributed by atoms with E-state index in [0.29, 0.717) is 12.5 Å². The number of likely N-dealkylation sites (tertiary alicyclic amines) is 1. The van der Waals surface area contributed by atoms with Gasteiger partial charge in [0.15, 0.2) is 0 Å². The molecule has 4 nitrogen and oxygen atoms in total. The smallest absolute Gasteiger partial charge is 0.315 e. The molecule has 132 valence electrons. The summed E-state index contributed by atoms with van der Waals surface area (Å²) in [7, 11) is 0. The van der Waals surface area contributed by atoms with E-state index in [1.165, 1.54) is 5.56 Å². The summed E-state index contributed by atoms with van der Waals surface area (Å²) in [6.07, 6.45) is 2.26. The molecule has 0 radical (unpaired) electrons. The van der Waals surface area contributed by atoms with Crippen molar-refractivity contribution in [1.29, 1.82) is 0 Å². The molecule has 0 aliphatic carbocycles. The van der Waals surface area contributed by atoms with E-state index in [9.17, 15) is 4.79 Å². The number of nitrogens with one attached hydrogen (secondary N) is 2. The Balaban J connectivity index is 1.31. The molecule has 1 aliphatic heterocycles. The molecule has 2 aromatic rings. The molecule has 1 atom stereocenters. The van der Waals surface area contributed by atoms with Gasteiger partial charge >= 0.3 is 6.03 Å². The average molecular weight is 337 g/mol. The van der Waals surface area contributed by atoms with Gasteiger partial charge in [0.1, 0.15) is 0 Å². The molecule has 25 heavy (non-hydrogen) atoms. The Bertz CT molecular complexity index is 645. The molecule has 2 aromatic carbocycles. The van der Waals surface area contributed by atoms with E-state index in [1.807, 2.05) is 30.3 Å². The number of urea groups is 1. The molecule has 0 bridgehead atoms. The van der Waals surface area contributed by atoms with Crippen LogP contribution >= 0.6 is 0 Å². The van der Waals surface area contributed by atoms with Crippen LogP contribution in [0.25, 0.3) is 0 Å². The summed E-state index contributed by atoms with van der Waals surface area (Å²) in [5.41, 5.74) is 2.51. The predicted octanol–water partition coefficient (Wildman–Crippen LogP) is 3.05. The van der Waals surface area contributed by atoms with E-state index in [-0.39, 0.29) is 6.03 Å². The molecule has 2 N–H and O–H groups in total. The Hall–Kier alpha value is -2.33. The van der Waals surface area contributed by atoms with Gasteiger partial charge < -0.3 is 15.5 Å². The van der Waals surface area contributed by atoms with Gasteiger partial charge in [0.2, 0.25) is 0 Å². The van der Waals surface area contributed by atoms with E-state index in [4.69, 9.17) is 0 Å². The Kier molecular flexibility index (Phi) is 6.46. The van der Waals surface area contributed by atoms with Crippen molar-refractivity contribution in [3.05, 3.63) is 71.8 Å². The van der Waals surface area contributed by atoms with E-state index < -0.39 is 0 Å². The minimum atomic E-state index is -0.0772. The maximum Gasteiger partial charge on any atom is 0.315 e. The third-order valence-corrected chi connectivity index (χ3v) is 4.78. The van der Waals surface area contributed by atoms with Crippen LogP contribution < -0.4 is 10.6 Å². The Morgan fingerprint density at radius 3 is 2.36 bits per heavy atom. The monoisotopic (exact) mass is 337 g/mol. The summed E-state index contributed by atoms with van der Waals surface area (Å²) < 4.78 is 0. The van der Waals surface area contributed by atoms with Crippen LogP contribution in [0.4, 0.5) is 4.79 Å². The molecular formula is C21H27N3O. The van der Waals surface area contributed by atoms with Gasteiger partial charge in [-0.05, 0) is 36.4 Å². The van der Waals surface area contributed by atoms with Crippen molar-refractivity contribution in [2.45, 2.75) is 19.4 Å². The van der Waals surface area contributed by atoms with Crippen LogP contribution in [-0.4, -0.2) is 37.1 Å². The van der Waals surface area contributed by atoms with Crippen LogP contribution in [0.3, 0.4) is 0 Å². The maximum atomic E-state index is 11.9. The molecule has 1 fully saturated rings. The fourth-order valence-corrected chi connectivity index (χ4v) is 3.29. The number of benzene rings is 2. The Labute approximate surface area is 150 Å². The summed E-state index contributed by atoms with van der Waals surface area (Å²) in [6, 6.07) is 20.5. The van der Waals surface area contributed by atoms with Gasteiger partial charge in [0, 0.05) is 26.2 Å². The minimum Gasteiger partial charge on any atom is -0.338 e. The molecule has 1 saturated heterocycles. The molecule has 0 aromatic heterocycles. The molecule has 0 spiro atoms. The number of nitrogens with zero attached hydrogens (tertiary/aromatic N) is 1. The first kappa shape index (κ1) is 17.5. The van der Waals surface area contributed by atoms with Crippen LogP contribution in [0.15, 0.2) is 60.7 Å². The highest BCUT2D eigenvalue weighted by molar-refractivity contribution is 5.73. The summed E-state index contributed by atoms with van der Waals surface area (Å²) in [4.78, 5) is 14.4. The van der Waals surface area contributed by atoms with Gasteiger partial charge in [-0.3, -0.25) is 0 Å². The lowest BCUT2D eigenvalue weighted by Crippen LogP contribution is -2.38. The highest BCUT2D eigenvalue weighted by atomic mass is 16.2. The maximum absolute atomic E-state index is 11.9. The normalized spacial score (nSPS) is 17.4. The SMILES string of the molecule is O=C(NCc1ccccc1)NC[C@@H]1CCN(CCc2ccccc2)C1. The number of amides is 2. The van der Waals surface area contributed by atoms with Crippen molar-refractivity contribution in [3.8, 4) is 0 Å². The first-order chi connectivity index (χ1) is 12.3. The summed E-state index contributed by atoms with van der Waals surface area (Å²) in [5, 5.41) is 5.93. The van der Waals surface area contributed by atoms with Gasteiger partial charge in [-0.2, -0.15) is 0 Å². The second-order valence-corrected chi connectivity index (χ2v) is 6.74. The van der Waals surface area contributed by atoms with Crippen molar-refractivity contribution in [3.63, 3.8) is 0 Å². The first-order valence-corrected chi connectivity index (χ1v) is 9.11. The molecule has 0 saturated carbocycles. The zero-order chi connectivity index (χ0) is 17.3. The quantitative estimate of drug-likeness (QED) is 0.816. The van der Waals surface area contributed by atoms with Crippen LogP contribution in [0, 0.1) is 5.92 Å². The molecule has 1 heterocycles. The fraction of sp³-hybridized carbons (Fsp3) is 0.381. The van der Waals surface area contributed by atoms with Crippen molar-refractivity contribution in [2.24, 2.45) is 5.92 Å². The lowest BCUT2D eigenvalue weighted by Gasteiger charge is -2.16. The lowest BCUT2D eigenvalue weighted by molar-refractivity contribution is 0.238. The third-order valence-electron chi connectivity index (χ3n) is 4.78. The zero-order valence-electron chi connectivity index (χ0n) is 14.7. The van der Waals surface area contributed by atoms with Crippen LogP contribution in [0.5, 0.6) is 0 Å². The van der Waals surface area contributed by atoms with Crippen molar-refractivity contribution < 1.29 is 4.79 Å². The van der Waals surface area contributed by atoms with Gasteiger partial charge in [0.25, 0.3) is 0 Å². The zero-order valence-corrected chi connectivity index (χ0v) is 14.7. The third kappa shape index (κ3) is 5.91. The van der Waals surface area contributed by atoms with Crippen LogP contribution in [-0.2, 0) is 13.0 Å². The van der Waals surface area contributed by atoms with E-state index in [2.05, 4.69) is 45.9 Å². The highest BCUT2D eigenvalue weighted by Crippen LogP contribution is 2.16. The number of rotatable bonds is 7. The topological polar surface area (TPSA) is 44.4 Å². The Morgan fingerprint density at radius 2 is 1.64 bits per heavy atom. The fourth-order valence-electron chi connectivity index (χ4n) is 3.29. The molecule has 4 heteroatoms. The van der Waals surface area contributed by atoms with Gasteiger partial charge in [-0.25, -0.2) is 4.79 Å². The summed E-state index contributed by atoms with van der Waals surface area (Å²) >= 11 is 0. The van der Waals surface area contributed by atoms with Crippen molar-refractivity contribution >= 4 is 6.03 Å². The summed E-state index contributed by atoms with van der Waals surface area (Å²) in [5.74, 6) is 0.554. The van der Waals surface area contributed by atoms with E-state index in [1.54, 1.807) is 0 Å². The number of carbonyl (C=O) groups excluding carboxylic acids is 1. The second-order valence-electron chi connectivity index (χ2n) is 6.74. The standard InChI is InChI=1S/C21H27N3O/c25-21(22-15-19-9-5-2-6-10-19)23-16-20-12-14-24(17-20)13-11-18-7-3-1-4-8-18/h1-10,20H,11-17H2,(H2,22,23,25)/t20-/m0/s1. The second kappa shape index (κ2) is 9.23. The molecule has 2 amide bonds. The predicted molar refractivity (Wildman–Crippen MR) is 101 cm³/mol. The van der Waals surface area contributed by atoms with Crippen LogP contribution in [0.2, 0.25) is 0 Å². The first-order valence-electron chi connectivity index (χ1n) is 9.11. The molecule has 1 aliphatic rings. The Morgan fingerprint density at radius 1 is 0.960 bits per heavy atom. The summed E-state index contributed by atoms with van der Waals surface area (Å²) in [6.45, 7) is 4.63. The van der Waals surface area contributed by atoms with Crippen LogP contribution in [0.1, 0.15) is 17.5 Å². The average Bonchev–Trinajstić information content (AvgIpc) is 3.13. The van der Waals surface area contributed by atoms with E-state index >= 15 is 0 Å². The number of hydrogen-bond acceptors (Lipinski definition) is 2. The minimum absolute atomic E-state index is 0.0772. The van der Waals surface area contributed by atoms with Gasteiger partial charge in [-0.1, -0.05) is 60.7 Å². The van der Waals surface area contributed by atoms with Gasteiger partial charge in [-0.15, -0.1) is 0 Å². The van der Waals surface area contributed by atoms with Crippen molar-refractivity contribution in [2.75, 3.05) is 26.2 Å². The molecule has 0 unspecified atom stereocenters. The van der Waals surface area contributed by atoms with E-state index in [0.717, 1.165) is 44.6 Å². The molecule has 3 rings (SSSR count).